The van der Waals surface area contributed by atoms with Crippen molar-refractivity contribution in [3.8, 4) is 6.07 Å². The van der Waals surface area contributed by atoms with E-state index in [1.807, 2.05) is 6.07 Å². The number of hydrogen-bond acceptors (Lipinski definition) is 4. The second-order valence-electron chi connectivity index (χ2n) is 2.95. The Hall–Kier alpha value is -1.77. The Morgan fingerprint density at radius 3 is 2.64 bits per heavy atom. The van der Waals surface area contributed by atoms with Crippen molar-refractivity contribution in [1.29, 1.82) is 5.26 Å². The Balaban J connectivity index is 2.87. The van der Waals surface area contributed by atoms with Gasteiger partial charge in [-0.3, -0.25) is 4.90 Å². The fourth-order valence-electron chi connectivity index (χ4n) is 1.54. The van der Waals surface area contributed by atoms with Gasteiger partial charge in [-0.15, -0.1) is 0 Å². The first-order chi connectivity index (χ1) is 6.61. The van der Waals surface area contributed by atoms with Crippen LogP contribution in [-0.4, -0.2) is 41.3 Å². The lowest BCUT2D eigenvalue weighted by Gasteiger charge is -2.22. The van der Waals surface area contributed by atoms with Gasteiger partial charge in [0, 0.05) is 0 Å². The molecule has 14 heavy (non-hydrogen) atoms. The molecule has 0 aromatic carbocycles. The van der Waals surface area contributed by atoms with Crippen LogP contribution < -0.4 is 0 Å². The maximum absolute atomic E-state index is 11.2. The molecule has 6 nitrogen and oxygen atoms in total. The van der Waals surface area contributed by atoms with Gasteiger partial charge in [0.05, 0.1) is 13.2 Å². The van der Waals surface area contributed by atoms with Gasteiger partial charge < -0.3 is 9.84 Å². The Kier molecular flexibility index (Phi) is 2.92. The molecule has 0 spiro atoms. The monoisotopic (exact) mass is 198 g/mol. The molecule has 2 atom stereocenters. The van der Waals surface area contributed by atoms with Crippen molar-refractivity contribution in [3.05, 3.63) is 0 Å². The number of carboxylic acid groups (broad SMARTS) is 1. The normalized spacial score (nSPS) is 25.6. The first-order valence-corrected chi connectivity index (χ1v) is 4.10. The van der Waals surface area contributed by atoms with Gasteiger partial charge in [0.1, 0.15) is 12.1 Å². The van der Waals surface area contributed by atoms with Gasteiger partial charge in [-0.2, -0.15) is 5.26 Å². The molecule has 0 aliphatic carbocycles. The largest absolute Gasteiger partial charge is 0.480 e. The maximum atomic E-state index is 11.2. The van der Waals surface area contributed by atoms with E-state index in [0.29, 0.717) is 12.8 Å². The highest BCUT2D eigenvalue weighted by Gasteiger charge is 2.41. The second-order valence-corrected chi connectivity index (χ2v) is 2.95. The summed E-state index contributed by atoms with van der Waals surface area (Å²) in [6.45, 7) is 0. The summed E-state index contributed by atoms with van der Waals surface area (Å²) in [7, 11) is 1.16. The summed E-state index contributed by atoms with van der Waals surface area (Å²) in [5.74, 6) is -1.10. The molecule has 0 radical (unpaired) electrons. The van der Waals surface area contributed by atoms with Crippen molar-refractivity contribution < 1.29 is 19.4 Å². The molecule has 1 amide bonds. The van der Waals surface area contributed by atoms with Crippen molar-refractivity contribution in [2.24, 2.45) is 0 Å². The van der Waals surface area contributed by atoms with Crippen molar-refractivity contribution in [1.82, 2.24) is 4.90 Å². The number of carbonyl (C=O) groups is 2. The smallest absolute Gasteiger partial charge is 0.411 e. The lowest BCUT2D eigenvalue weighted by molar-refractivity contribution is -0.141. The summed E-state index contributed by atoms with van der Waals surface area (Å²) in [4.78, 5) is 22.9. The van der Waals surface area contributed by atoms with E-state index >= 15 is 0 Å². The molecule has 1 heterocycles. The minimum absolute atomic E-state index is 0.294. The molecule has 1 fully saturated rings. The van der Waals surface area contributed by atoms with E-state index in [-0.39, 0.29) is 0 Å². The minimum Gasteiger partial charge on any atom is -0.480 e. The summed E-state index contributed by atoms with van der Waals surface area (Å²) in [5, 5.41) is 17.5. The number of carboxylic acids is 1. The molecule has 0 bridgehead atoms. The fourth-order valence-corrected chi connectivity index (χ4v) is 1.54. The van der Waals surface area contributed by atoms with E-state index in [0.717, 1.165) is 12.0 Å². The molecule has 0 aromatic heterocycles. The van der Waals surface area contributed by atoms with Crippen molar-refractivity contribution in [2.45, 2.75) is 24.9 Å². The van der Waals surface area contributed by atoms with Crippen molar-refractivity contribution in [3.63, 3.8) is 0 Å². The van der Waals surface area contributed by atoms with Gasteiger partial charge in [0.15, 0.2) is 0 Å². The molecule has 0 aromatic rings. The Morgan fingerprint density at radius 1 is 1.57 bits per heavy atom. The van der Waals surface area contributed by atoms with Crippen LogP contribution in [0, 0.1) is 11.3 Å². The lowest BCUT2D eigenvalue weighted by atomic mass is 10.2. The van der Waals surface area contributed by atoms with E-state index in [2.05, 4.69) is 4.74 Å². The quantitative estimate of drug-likeness (QED) is 0.649. The predicted molar refractivity (Wildman–Crippen MR) is 44.3 cm³/mol. The van der Waals surface area contributed by atoms with Gasteiger partial charge in [-0.1, -0.05) is 0 Å². The molecule has 76 valence electrons. The van der Waals surface area contributed by atoms with Crippen LogP contribution in [0.5, 0.6) is 0 Å². The molecule has 0 unspecified atom stereocenters. The van der Waals surface area contributed by atoms with Crippen LogP contribution in [0.1, 0.15) is 12.8 Å². The zero-order valence-corrected chi connectivity index (χ0v) is 7.64. The van der Waals surface area contributed by atoms with Crippen molar-refractivity contribution in [2.75, 3.05) is 7.11 Å². The average Bonchev–Trinajstić information content (AvgIpc) is 2.59. The molecule has 1 saturated heterocycles. The summed E-state index contributed by atoms with van der Waals surface area (Å²) in [6.07, 6.45) is -0.0907. The predicted octanol–water partition coefficient (Wildman–Crippen LogP) is 0.194. The first-order valence-electron chi connectivity index (χ1n) is 4.10. The van der Waals surface area contributed by atoms with Gasteiger partial charge in [-0.05, 0) is 12.8 Å². The summed E-state index contributed by atoms with van der Waals surface area (Å²) >= 11 is 0. The Bertz CT molecular complexity index is 296. The number of nitrogens with zero attached hydrogens (tertiary/aromatic N) is 2. The molecule has 6 heteroatoms. The van der Waals surface area contributed by atoms with Gasteiger partial charge in [0.25, 0.3) is 0 Å². The van der Waals surface area contributed by atoms with Crippen LogP contribution in [0.2, 0.25) is 0 Å². The van der Waals surface area contributed by atoms with E-state index < -0.39 is 24.1 Å². The number of hydrogen-bond donors (Lipinski definition) is 1. The van der Waals surface area contributed by atoms with E-state index in [1.165, 1.54) is 0 Å². The second kappa shape index (κ2) is 3.96. The molecular formula is C8H10N2O4. The molecule has 1 aliphatic heterocycles. The van der Waals surface area contributed by atoms with E-state index in [4.69, 9.17) is 10.4 Å². The third-order valence-electron chi connectivity index (χ3n) is 2.20. The number of amides is 1. The number of carbonyl (C=O) groups excluding carboxylic acids is 1. The highest BCUT2D eigenvalue weighted by molar-refractivity contribution is 5.81. The number of ether oxygens (including phenoxy) is 1. The molecular weight excluding hydrogens is 188 g/mol. The molecule has 1 rings (SSSR count). The lowest BCUT2D eigenvalue weighted by Crippen LogP contribution is -2.44. The minimum atomic E-state index is -1.10. The number of methoxy groups -OCH3 is 1. The van der Waals surface area contributed by atoms with Crippen LogP contribution in [0.25, 0.3) is 0 Å². The number of aliphatic carboxylic acids is 1. The average molecular weight is 198 g/mol. The summed E-state index contributed by atoms with van der Waals surface area (Å²) in [5.41, 5.74) is 0. The van der Waals surface area contributed by atoms with Crippen LogP contribution in [0.15, 0.2) is 0 Å². The number of nitriles is 1. The van der Waals surface area contributed by atoms with Gasteiger partial charge in [-0.25, -0.2) is 9.59 Å². The van der Waals surface area contributed by atoms with Crippen LogP contribution in [0.4, 0.5) is 4.79 Å². The molecule has 1 aliphatic rings. The Labute approximate surface area is 80.7 Å². The highest BCUT2D eigenvalue weighted by Crippen LogP contribution is 2.24. The molecule has 1 N–H and O–H groups in total. The van der Waals surface area contributed by atoms with Crippen LogP contribution >= 0.6 is 0 Å². The maximum Gasteiger partial charge on any atom is 0.411 e. The highest BCUT2D eigenvalue weighted by atomic mass is 16.5. The van der Waals surface area contributed by atoms with Crippen LogP contribution in [-0.2, 0) is 9.53 Å². The standard InChI is InChI=1S/C8H10N2O4/c1-14-8(13)10-5(4-9)2-3-6(10)7(11)12/h5-6H,2-3H2,1H3,(H,11,12)/t5-,6-/m0/s1. The van der Waals surface area contributed by atoms with Crippen molar-refractivity contribution >= 4 is 12.1 Å². The van der Waals surface area contributed by atoms with E-state index in [9.17, 15) is 9.59 Å². The molecule has 0 saturated carbocycles. The number of likely N-dealkylation sites (tertiary alicyclic amines) is 1. The SMILES string of the molecule is COC(=O)N1[C@H](C#N)CC[C@H]1C(=O)O. The Morgan fingerprint density at radius 2 is 2.21 bits per heavy atom. The third-order valence-corrected chi connectivity index (χ3v) is 2.20. The van der Waals surface area contributed by atoms with E-state index in [1.54, 1.807) is 0 Å². The number of rotatable bonds is 1. The summed E-state index contributed by atoms with van der Waals surface area (Å²) in [6, 6.07) is 0.247. The first kappa shape index (κ1) is 10.3. The fraction of sp³-hybridized carbons (Fsp3) is 0.625. The zero-order valence-electron chi connectivity index (χ0n) is 7.64. The van der Waals surface area contributed by atoms with Crippen LogP contribution in [0.3, 0.4) is 0 Å². The summed E-state index contributed by atoms with van der Waals surface area (Å²) < 4.78 is 4.42. The third kappa shape index (κ3) is 1.62. The topological polar surface area (TPSA) is 90.6 Å². The zero-order chi connectivity index (χ0) is 10.7. The van der Waals surface area contributed by atoms with Gasteiger partial charge in [0.2, 0.25) is 0 Å². The van der Waals surface area contributed by atoms with Gasteiger partial charge >= 0.3 is 12.1 Å².